The highest BCUT2D eigenvalue weighted by Gasteiger charge is 2.17. The molecule has 9 heteroatoms. The van der Waals surface area contributed by atoms with Crippen LogP contribution in [0.3, 0.4) is 0 Å². The van der Waals surface area contributed by atoms with E-state index in [1.807, 2.05) is 31.2 Å². The molecule has 1 heterocycles. The summed E-state index contributed by atoms with van der Waals surface area (Å²) in [5.41, 5.74) is 1.73. The van der Waals surface area contributed by atoms with Gasteiger partial charge in [0, 0.05) is 22.3 Å². The molecule has 3 aromatic carbocycles. The number of nitrogens with zero attached hydrogens (tertiary/aromatic N) is 1. The molecule has 208 valence electrons. The van der Waals surface area contributed by atoms with Crippen molar-refractivity contribution in [2.75, 3.05) is 17.2 Å². The van der Waals surface area contributed by atoms with E-state index in [4.69, 9.17) is 4.74 Å². The smallest absolute Gasteiger partial charge is 0.272 e. The zero-order chi connectivity index (χ0) is 29.0. The van der Waals surface area contributed by atoms with Gasteiger partial charge in [-0.15, -0.1) is 11.8 Å². The fourth-order valence-corrected chi connectivity index (χ4v) is 4.63. The van der Waals surface area contributed by atoms with Crippen LogP contribution in [0.25, 0.3) is 6.08 Å². The predicted molar refractivity (Wildman–Crippen MR) is 163 cm³/mol. The first-order valence-electron chi connectivity index (χ1n) is 13.0. The van der Waals surface area contributed by atoms with Crippen molar-refractivity contribution >= 4 is 47.1 Å². The highest BCUT2D eigenvalue weighted by Crippen LogP contribution is 2.27. The van der Waals surface area contributed by atoms with Crippen LogP contribution >= 0.6 is 11.8 Å². The average molecular weight is 567 g/mol. The standard InChI is InChI=1S/C32H30N4O4S/c1-3-40-26-17-15-23(16-18-26)20-28(35-31(38)24-10-5-4-6-11-24)32(39)34-25-12-9-13-27(21-25)41-22(2)30(37)36-29-14-7-8-19-33-29/h4-22H,3H2,1-2H3,(H,34,39)(H,35,38)(H,33,36,37)/b28-20+. The van der Waals surface area contributed by atoms with Crippen molar-refractivity contribution in [3.05, 3.63) is 120 Å². The van der Waals surface area contributed by atoms with Gasteiger partial charge in [0.05, 0.1) is 11.9 Å². The lowest BCUT2D eigenvalue weighted by Crippen LogP contribution is -2.30. The van der Waals surface area contributed by atoms with E-state index in [9.17, 15) is 14.4 Å². The maximum Gasteiger partial charge on any atom is 0.272 e. The Morgan fingerprint density at radius 2 is 1.66 bits per heavy atom. The van der Waals surface area contributed by atoms with E-state index in [2.05, 4.69) is 20.9 Å². The lowest BCUT2D eigenvalue weighted by Gasteiger charge is -2.14. The number of amides is 3. The molecule has 0 aliphatic heterocycles. The summed E-state index contributed by atoms with van der Waals surface area (Å²) in [6, 6.07) is 28.4. The molecule has 3 amide bonds. The second-order valence-electron chi connectivity index (χ2n) is 8.83. The number of hydrogen-bond donors (Lipinski definition) is 3. The topological polar surface area (TPSA) is 109 Å². The highest BCUT2D eigenvalue weighted by atomic mass is 32.2. The Bertz CT molecular complexity index is 1510. The summed E-state index contributed by atoms with van der Waals surface area (Å²) in [5.74, 6) is 0.102. The molecule has 0 saturated heterocycles. The van der Waals surface area contributed by atoms with Gasteiger partial charge in [0.1, 0.15) is 17.3 Å². The minimum Gasteiger partial charge on any atom is -0.494 e. The van der Waals surface area contributed by atoms with Gasteiger partial charge in [0.2, 0.25) is 5.91 Å². The van der Waals surface area contributed by atoms with E-state index in [0.29, 0.717) is 35.0 Å². The first-order valence-corrected chi connectivity index (χ1v) is 13.9. The Balaban J connectivity index is 1.49. The van der Waals surface area contributed by atoms with Crippen molar-refractivity contribution in [3.63, 3.8) is 0 Å². The number of hydrogen-bond acceptors (Lipinski definition) is 6. The molecule has 0 fully saturated rings. The Morgan fingerprint density at radius 1 is 0.902 bits per heavy atom. The maximum absolute atomic E-state index is 13.4. The Morgan fingerprint density at radius 3 is 2.37 bits per heavy atom. The third-order valence-electron chi connectivity index (χ3n) is 5.72. The minimum atomic E-state index is -0.494. The number of anilines is 2. The largest absolute Gasteiger partial charge is 0.494 e. The zero-order valence-corrected chi connectivity index (χ0v) is 23.5. The van der Waals surface area contributed by atoms with Crippen LogP contribution in [0.1, 0.15) is 29.8 Å². The summed E-state index contributed by atoms with van der Waals surface area (Å²) >= 11 is 1.35. The number of thioether (sulfide) groups is 1. The number of carbonyl (C=O) groups is 3. The lowest BCUT2D eigenvalue weighted by molar-refractivity contribution is -0.115. The van der Waals surface area contributed by atoms with E-state index in [1.165, 1.54) is 11.8 Å². The molecule has 8 nitrogen and oxygen atoms in total. The lowest BCUT2D eigenvalue weighted by atomic mass is 10.1. The van der Waals surface area contributed by atoms with Crippen LogP contribution in [-0.4, -0.2) is 34.6 Å². The molecule has 4 rings (SSSR count). The molecule has 1 unspecified atom stereocenters. The second-order valence-corrected chi connectivity index (χ2v) is 10.2. The second kappa shape index (κ2) is 14.5. The molecule has 0 radical (unpaired) electrons. The Labute approximate surface area is 243 Å². The molecule has 1 atom stereocenters. The Hall–Kier alpha value is -4.89. The first-order chi connectivity index (χ1) is 19.9. The van der Waals surface area contributed by atoms with E-state index >= 15 is 0 Å². The van der Waals surface area contributed by atoms with E-state index in [0.717, 1.165) is 4.90 Å². The average Bonchev–Trinajstić information content (AvgIpc) is 2.99. The normalized spacial score (nSPS) is 11.7. The summed E-state index contributed by atoms with van der Waals surface area (Å²) in [6.07, 6.45) is 3.22. The number of rotatable bonds is 11. The van der Waals surface area contributed by atoms with Gasteiger partial charge in [-0.1, -0.05) is 42.5 Å². The third kappa shape index (κ3) is 8.81. The highest BCUT2D eigenvalue weighted by molar-refractivity contribution is 8.00. The van der Waals surface area contributed by atoms with Crippen molar-refractivity contribution in [1.29, 1.82) is 0 Å². The Kier molecular flexibility index (Phi) is 10.3. The van der Waals surface area contributed by atoms with Crippen LogP contribution < -0.4 is 20.7 Å². The van der Waals surface area contributed by atoms with Gasteiger partial charge in [-0.05, 0) is 80.1 Å². The van der Waals surface area contributed by atoms with Crippen molar-refractivity contribution in [1.82, 2.24) is 10.3 Å². The van der Waals surface area contributed by atoms with Gasteiger partial charge in [-0.3, -0.25) is 14.4 Å². The number of aromatic nitrogens is 1. The van der Waals surface area contributed by atoms with Gasteiger partial charge in [0.25, 0.3) is 11.8 Å². The van der Waals surface area contributed by atoms with Gasteiger partial charge < -0.3 is 20.7 Å². The van der Waals surface area contributed by atoms with Crippen LogP contribution in [0.5, 0.6) is 5.75 Å². The summed E-state index contributed by atoms with van der Waals surface area (Å²) in [6.45, 7) is 4.24. The molecule has 0 aliphatic rings. The maximum atomic E-state index is 13.4. The van der Waals surface area contributed by atoms with Gasteiger partial charge in [-0.25, -0.2) is 4.98 Å². The predicted octanol–water partition coefficient (Wildman–Crippen LogP) is 6.01. The van der Waals surface area contributed by atoms with E-state index in [1.54, 1.807) is 92.0 Å². The summed E-state index contributed by atoms with van der Waals surface area (Å²) in [7, 11) is 0. The van der Waals surface area contributed by atoms with Gasteiger partial charge >= 0.3 is 0 Å². The monoisotopic (exact) mass is 566 g/mol. The summed E-state index contributed by atoms with van der Waals surface area (Å²) < 4.78 is 5.50. The number of ether oxygens (including phenoxy) is 1. The number of benzene rings is 3. The van der Waals surface area contributed by atoms with Crippen molar-refractivity contribution in [3.8, 4) is 5.75 Å². The van der Waals surface area contributed by atoms with Crippen molar-refractivity contribution < 1.29 is 19.1 Å². The minimum absolute atomic E-state index is 0.0733. The van der Waals surface area contributed by atoms with Crippen LogP contribution in [0, 0.1) is 0 Å². The quantitative estimate of drug-likeness (QED) is 0.152. The van der Waals surface area contributed by atoms with Crippen LogP contribution in [0.4, 0.5) is 11.5 Å². The van der Waals surface area contributed by atoms with Crippen molar-refractivity contribution in [2.45, 2.75) is 24.0 Å². The van der Waals surface area contributed by atoms with E-state index < -0.39 is 17.1 Å². The molecular formula is C32H30N4O4S. The summed E-state index contributed by atoms with van der Waals surface area (Å²) in [4.78, 5) is 43.9. The molecular weight excluding hydrogens is 536 g/mol. The molecule has 0 aliphatic carbocycles. The SMILES string of the molecule is CCOc1ccc(/C=C(/NC(=O)c2ccccc2)C(=O)Nc2cccc(SC(C)C(=O)Nc3ccccn3)c2)cc1. The fourth-order valence-electron chi connectivity index (χ4n) is 3.70. The van der Waals surface area contributed by atoms with Crippen LogP contribution in [0.2, 0.25) is 0 Å². The number of pyridine rings is 1. The fraction of sp³-hybridized carbons (Fsp3) is 0.125. The molecule has 0 saturated carbocycles. The number of carbonyl (C=O) groups excluding carboxylic acids is 3. The molecule has 0 bridgehead atoms. The molecule has 3 N–H and O–H groups in total. The molecule has 4 aromatic rings. The van der Waals surface area contributed by atoms with Gasteiger partial charge in [0.15, 0.2) is 0 Å². The summed E-state index contributed by atoms with van der Waals surface area (Å²) in [5, 5.41) is 7.98. The van der Waals surface area contributed by atoms with Crippen LogP contribution in [0.15, 0.2) is 114 Å². The number of nitrogens with one attached hydrogen (secondary N) is 3. The van der Waals surface area contributed by atoms with E-state index in [-0.39, 0.29) is 11.6 Å². The zero-order valence-electron chi connectivity index (χ0n) is 22.7. The van der Waals surface area contributed by atoms with Crippen molar-refractivity contribution in [2.24, 2.45) is 0 Å². The van der Waals surface area contributed by atoms with Gasteiger partial charge in [-0.2, -0.15) is 0 Å². The third-order valence-corrected chi connectivity index (χ3v) is 6.81. The molecule has 0 spiro atoms. The molecule has 1 aromatic heterocycles. The molecule has 41 heavy (non-hydrogen) atoms. The van der Waals surface area contributed by atoms with Crippen LogP contribution in [-0.2, 0) is 9.59 Å². The first kappa shape index (κ1) is 29.1.